The average Bonchev–Trinajstić information content (AvgIpc) is 2.40. The minimum atomic E-state index is -3.74. The van der Waals surface area contributed by atoms with Crippen LogP contribution in [0.4, 0.5) is 11.4 Å². The number of benzene rings is 2. The van der Waals surface area contributed by atoms with Crippen molar-refractivity contribution >= 4 is 37.3 Å². The first-order valence-electron chi connectivity index (χ1n) is 6.06. The van der Waals surface area contributed by atoms with E-state index in [4.69, 9.17) is 10.5 Å². The number of nitrogen functional groups attached to an aromatic ring is 1. The summed E-state index contributed by atoms with van der Waals surface area (Å²) < 4.78 is 32.9. The minimum absolute atomic E-state index is 0.148. The third-order valence-electron chi connectivity index (χ3n) is 2.88. The number of rotatable bonds is 4. The number of anilines is 2. The second-order valence-electron chi connectivity index (χ2n) is 4.49. The molecule has 0 radical (unpaired) electrons. The van der Waals surface area contributed by atoms with E-state index in [9.17, 15) is 8.42 Å². The number of ether oxygens (including phenoxy) is 1. The lowest BCUT2D eigenvalue weighted by molar-refractivity contribution is 0.415. The van der Waals surface area contributed by atoms with E-state index in [1.807, 2.05) is 6.92 Å². The maximum Gasteiger partial charge on any atom is 0.263 e. The Hall–Kier alpha value is -1.73. The Morgan fingerprint density at radius 2 is 1.90 bits per heavy atom. The monoisotopic (exact) mass is 370 g/mol. The maximum atomic E-state index is 12.4. The molecule has 0 aromatic heterocycles. The van der Waals surface area contributed by atoms with Crippen LogP contribution in [0, 0.1) is 6.92 Å². The van der Waals surface area contributed by atoms with Crippen molar-refractivity contribution in [3.05, 3.63) is 46.4 Å². The second kappa shape index (κ2) is 5.95. The molecular formula is C14H15BrN2O3S. The summed E-state index contributed by atoms with van der Waals surface area (Å²) in [7, 11) is -2.24. The zero-order chi connectivity index (χ0) is 15.6. The number of halogens is 1. The summed E-state index contributed by atoms with van der Waals surface area (Å²) >= 11 is 3.27. The predicted octanol–water partition coefficient (Wildman–Crippen LogP) is 3.15. The lowest BCUT2D eigenvalue weighted by Gasteiger charge is -2.13. The molecule has 5 nitrogen and oxygen atoms in total. The van der Waals surface area contributed by atoms with E-state index < -0.39 is 10.0 Å². The number of nitrogens with two attached hydrogens (primary N) is 1. The lowest BCUT2D eigenvalue weighted by atomic mass is 10.2. The van der Waals surface area contributed by atoms with Crippen LogP contribution in [0.25, 0.3) is 0 Å². The Morgan fingerprint density at radius 1 is 1.19 bits per heavy atom. The van der Waals surface area contributed by atoms with Gasteiger partial charge in [0.15, 0.2) is 0 Å². The molecule has 0 bridgehead atoms. The first-order chi connectivity index (χ1) is 9.83. The average molecular weight is 371 g/mol. The van der Waals surface area contributed by atoms with Crippen LogP contribution in [-0.4, -0.2) is 15.5 Å². The summed E-state index contributed by atoms with van der Waals surface area (Å²) in [6.45, 7) is 1.88. The molecule has 21 heavy (non-hydrogen) atoms. The number of nitrogens with one attached hydrogen (secondary N) is 1. The van der Waals surface area contributed by atoms with Crippen molar-refractivity contribution in [2.24, 2.45) is 0 Å². The molecule has 0 unspecified atom stereocenters. The summed E-state index contributed by atoms with van der Waals surface area (Å²) in [5, 5.41) is 0. The molecule has 0 saturated carbocycles. The van der Waals surface area contributed by atoms with E-state index in [1.165, 1.54) is 19.2 Å². The van der Waals surface area contributed by atoms with Gasteiger partial charge in [0.2, 0.25) is 0 Å². The smallest absolute Gasteiger partial charge is 0.263 e. The minimum Gasteiger partial charge on any atom is -0.497 e. The number of sulfonamides is 1. The fourth-order valence-corrected chi connectivity index (χ4v) is 4.05. The van der Waals surface area contributed by atoms with E-state index in [-0.39, 0.29) is 10.6 Å². The van der Waals surface area contributed by atoms with Gasteiger partial charge >= 0.3 is 0 Å². The largest absolute Gasteiger partial charge is 0.497 e. The maximum absolute atomic E-state index is 12.4. The molecule has 2 rings (SSSR count). The van der Waals surface area contributed by atoms with E-state index in [2.05, 4.69) is 20.7 Å². The van der Waals surface area contributed by atoms with Gasteiger partial charge in [0.25, 0.3) is 10.0 Å². The van der Waals surface area contributed by atoms with Crippen molar-refractivity contribution in [2.75, 3.05) is 17.6 Å². The Balaban J connectivity index is 2.42. The van der Waals surface area contributed by atoms with Crippen LogP contribution < -0.4 is 15.2 Å². The van der Waals surface area contributed by atoms with E-state index >= 15 is 0 Å². The lowest BCUT2D eigenvalue weighted by Crippen LogP contribution is -2.14. The zero-order valence-electron chi connectivity index (χ0n) is 11.6. The molecule has 0 heterocycles. The fourth-order valence-electron chi connectivity index (χ4n) is 1.77. The second-order valence-corrected chi connectivity index (χ2v) is 7.00. The third kappa shape index (κ3) is 3.48. The van der Waals surface area contributed by atoms with Crippen molar-refractivity contribution in [3.63, 3.8) is 0 Å². The molecule has 0 aliphatic heterocycles. The van der Waals surface area contributed by atoms with Gasteiger partial charge in [-0.3, -0.25) is 4.72 Å². The summed E-state index contributed by atoms with van der Waals surface area (Å²) in [5.41, 5.74) is 7.36. The molecule has 0 aliphatic rings. The highest BCUT2D eigenvalue weighted by atomic mass is 79.9. The van der Waals surface area contributed by atoms with Gasteiger partial charge in [0, 0.05) is 10.5 Å². The Labute approximate surface area is 132 Å². The molecule has 3 N–H and O–H groups in total. The van der Waals surface area contributed by atoms with E-state index in [0.717, 1.165) is 5.56 Å². The number of aryl methyl sites for hydroxylation is 1. The van der Waals surface area contributed by atoms with E-state index in [1.54, 1.807) is 24.3 Å². The Kier molecular flexibility index (Phi) is 4.43. The molecule has 0 saturated heterocycles. The van der Waals surface area contributed by atoms with Crippen LogP contribution in [-0.2, 0) is 10.0 Å². The van der Waals surface area contributed by atoms with Gasteiger partial charge in [-0.05, 0) is 52.7 Å². The zero-order valence-corrected chi connectivity index (χ0v) is 14.0. The predicted molar refractivity (Wildman–Crippen MR) is 87.1 cm³/mol. The molecule has 2 aromatic rings. The molecule has 2 aromatic carbocycles. The van der Waals surface area contributed by atoms with Crippen LogP contribution in [0.3, 0.4) is 0 Å². The van der Waals surface area contributed by atoms with Gasteiger partial charge in [-0.25, -0.2) is 8.42 Å². The van der Waals surface area contributed by atoms with Crippen LogP contribution in [0.5, 0.6) is 5.75 Å². The van der Waals surface area contributed by atoms with Gasteiger partial charge in [-0.1, -0.05) is 6.07 Å². The molecule has 0 spiro atoms. The van der Waals surface area contributed by atoms with Gasteiger partial charge in [-0.15, -0.1) is 0 Å². The Morgan fingerprint density at radius 3 is 2.52 bits per heavy atom. The van der Waals surface area contributed by atoms with Crippen molar-refractivity contribution in [2.45, 2.75) is 11.8 Å². The number of methoxy groups -OCH3 is 1. The first kappa shape index (κ1) is 15.7. The molecule has 0 atom stereocenters. The summed E-state index contributed by atoms with van der Waals surface area (Å²) in [6, 6.07) is 9.79. The highest BCUT2D eigenvalue weighted by Crippen LogP contribution is 2.29. The molecule has 112 valence electrons. The van der Waals surface area contributed by atoms with E-state index in [0.29, 0.717) is 15.9 Å². The molecule has 0 fully saturated rings. The number of hydrogen-bond acceptors (Lipinski definition) is 4. The third-order valence-corrected chi connectivity index (χ3v) is 5.22. The standard InChI is InChI=1S/C14H15BrN2O3S/c1-9-3-6-14(11(15)7-9)21(18,19)17-13-8-10(20-2)4-5-12(13)16/h3-8,17H,16H2,1-2H3. The van der Waals surface area contributed by atoms with Crippen molar-refractivity contribution < 1.29 is 13.2 Å². The highest BCUT2D eigenvalue weighted by Gasteiger charge is 2.19. The van der Waals surface area contributed by atoms with Crippen molar-refractivity contribution in [3.8, 4) is 5.75 Å². The highest BCUT2D eigenvalue weighted by molar-refractivity contribution is 9.10. The van der Waals surface area contributed by atoms with Crippen LogP contribution in [0.15, 0.2) is 45.8 Å². The normalized spacial score (nSPS) is 11.2. The van der Waals surface area contributed by atoms with Gasteiger partial charge in [0.05, 0.1) is 18.5 Å². The number of hydrogen-bond donors (Lipinski definition) is 2. The van der Waals surface area contributed by atoms with Crippen LogP contribution >= 0.6 is 15.9 Å². The van der Waals surface area contributed by atoms with Crippen LogP contribution in [0.1, 0.15) is 5.56 Å². The molecule has 7 heteroatoms. The van der Waals surface area contributed by atoms with Gasteiger partial charge in [-0.2, -0.15) is 0 Å². The molecule has 0 amide bonds. The fraction of sp³-hybridized carbons (Fsp3) is 0.143. The van der Waals surface area contributed by atoms with Crippen molar-refractivity contribution in [1.29, 1.82) is 0 Å². The summed E-state index contributed by atoms with van der Waals surface area (Å²) in [4.78, 5) is 0.148. The van der Waals surface area contributed by atoms with Crippen LogP contribution in [0.2, 0.25) is 0 Å². The van der Waals surface area contributed by atoms with Gasteiger partial charge in [0.1, 0.15) is 10.6 Å². The summed E-state index contributed by atoms with van der Waals surface area (Å²) in [6.07, 6.45) is 0. The molecular weight excluding hydrogens is 356 g/mol. The quantitative estimate of drug-likeness (QED) is 0.809. The van der Waals surface area contributed by atoms with Gasteiger partial charge < -0.3 is 10.5 Å². The first-order valence-corrected chi connectivity index (χ1v) is 8.33. The topological polar surface area (TPSA) is 81.4 Å². The summed E-state index contributed by atoms with van der Waals surface area (Å²) in [5.74, 6) is 0.518. The Bertz CT molecular complexity index is 776. The SMILES string of the molecule is COc1ccc(N)c(NS(=O)(=O)c2ccc(C)cc2Br)c1. The van der Waals surface area contributed by atoms with Crippen molar-refractivity contribution in [1.82, 2.24) is 0 Å². The molecule has 0 aliphatic carbocycles.